The highest BCUT2D eigenvalue weighted by Crippen LogP contribution is 2.27. The molecular weight excluding hydrogens is 598 g/mol. The molecular formula is C31H35N7O6S. The molecule has 3 N–H and O–H groups in total. The van der Waals surface area contributed by atoms with Gasteiger partial charge in [-0.05, 0) is 24.8 Å². The van der Waals surface area contributed by atoms with E-state index in [1.807, 2.05) is 44.2 Å². The largest absolute Gasteiger partial charge is 0.443 e. The fraction of sp³-hybridized carbons (Fsp3) is 0.387. The molecule has 5 rings (SSSR count). The SMILES string of the molecule is Cc1oc2nc1C(=O)N[C@@H](C(C)C)c1nc(cs1)C(=O)NCCN(C(=O)c1ccno1)CCCC(=O)N[C@H]2Cc1ccccc1. The van der Waals surface area contributed by atoms with E-state index in [-0.39, 0.29) is 60.9 Å². The van der Waals surface area contributed by atoms with E-state index in [4.69, 9.17) is 8.94 Å². The lowest BCUT2D eigenvalue weighted by Crippen LogP contribution is -2.39. The zero-order valence-corrected chi connectivity index (χ0v) is 26.1. The van der Waals surface area contributed by atoms with Crippen LogP contribution >= 0.6 is 11.3 Å². The molecule has 0 spiro atoms. The normalized spacial score (nSPS) is 18.7. The predicted octanol–water partition coefficient (Wildman–Crippen LogP) is 3.62. The molecule has 1 aliphatic rings. The first-order valence-electron chi connectivity index (χ1n) is 14.7. The van der Waals surface area contributed by atoms with Crippen LogP contribution in [0.5, 0.6) is 0 Å². The highest BCUT2D eigenvalue weighted by atomic mass is 32.1. The van der Waals surface area contributed by atoms with Gasteiger partial charge in [-0.2, -0.15) is 0 Å². The summed E-state index contributed by atoms with van der Waals surface area (Å²) in [6.45, 7) is 6.08. The number of carbonyl (C=O) groups is 4. The topological polar surface area (TPSA) is 173 Å². The molecule has 2 atom stereocenters. The second-order valence-electron chi connectivity index (χ2n) is 11.1. The molecule has 0 unspecified atom stereocenters. The van der Waals surface area contributed by atoms with Gasteiger partial charge in [-0.25, -0.2) is 9.97 Å². The molecule has 236 valence electrons. The molecule has 4 bridgehead atoms. The highest BCUT2D eigenvalue weighted by molar-refractivity contribution is 7.09. The van der Waals surface area contributed by atoms with Gasteiger partial charge in [-0.1, -0.05) is 49.3 Å². The number of nitrogens with one attached hydrogen (secondary N) is 3. The molecule has 0 radical (unpaired) electrons. The summed E-state index contributed by atoms with van der Waals surface area (Å²) in [5.74, 6) is -1.01. The molecule has 4 amide bonds. The fourth-order valence-electron chi connectivity index (χ4n) is 4.97. The molecule has 4 heterocycles. The Kier molecular flexibility index (Phi) is 10.0. The van der Waals surface area contributed by atoms with Crippen molar-refractivity contribution in [3.63, 3.8) is 0 Å². The number of thiazole rings is 1. The van der Waals surface area contributed by atoms with Crippen LogP contribution in [0.25, 0.3) is 0 Å². The second kappa shape index (κ2) is 14.3. The molecule has 0 fully saturated rings. The van der Waals surface area contributed by atoms with Gasteiger partial charge in [0, 0.05) is 43.9 Å². The van der Waals surface area contributed by atoms with Crippen LogP contribution in [0.1, 0.15) is 92.5 Å². The number of amides is 4. The van der Waals surface area contributed by atoms with E-state index in [9.17, 15) is 19.2 Å². The molecule has 14 heteroatoms. The average Bonchev–Trinajstić information content (AvgIpc) is 3.80. The summed E-state index contributed by atoms with van der Waals surface area (Å²) in [7, 11) is 0. The van der Waals surface area contributed by atoms with E-state index in [0.717, 1.165) is 5.56 Å². The number of fused-ring (bicyclic) bond motifs is 4. The third-order valence-electron chi connectivity index (χ3n) is 7.35. The Morgan fingerprint density at radius 1 is 1.07 bits per heavy atom. The van der Waals surface area contributed by atoms with Gasteiger partial charge in [0.15, 0.2) is 5.69 Å². The minimum absolute atomic E-state index is 0.0543. The monoisotopic (exact) mass is 633 g/mol. The van der Waals surface area contributed by atoms with Gasteiger partial charge < -0.3 is 29.8 Å². The molecule has 0 saturated heterocycles. The minimum Gasteiger partial charge on any atom is -0.443 e. The molecule has 0 aliphatic carbocycles. The fourth-order valence-corrected chi connectivity index (χ4v) is 5.99. The Morgan fingerprint density at radius 3 is 2.60 bits per heavy atom. The number of aromatic nitrogens is 3. The Hall–Kier alpha value is -4.85. The summed E-state index contributed by atoms with van der Waals surface area (Å²) < 4.78 is 11.0. The molecule has 0 saturated carbocycles. The maximum Gasteiger partial charge on any atom is 0.292 e. The summed E-state index contributed by atoms with van der Waals surface area (Å²) in [5, 5.41) is 14.6. The van der Waals surface area contributed by atoms with Crippen molar-refractivity contribution in [3.05, 3.63) is 87.3 Å². The Morgan fingerprint density at radius 2 is 1.87 bits per heavy atom. The van der Waals surface area contributed by atoms with Crippen molar-refractivity contribution in [2.45, 2.75) is 52.1 Å². The van der Waals surface area contributed by atoms with Crippen LogP contribution in [-0.4, -0.2) is 63.3 Å². The summed E-state index contributed by atoms with van der Waals surface area (Å²) in [4.78, 5) is 63.3. The van der Waals surface area contributed by atoms with Gasteiger partial charge in [0.25, 0.3) is 17.7 Å². The van der Waals surface area contributed by atoms with Gasteiger partial charge in [0.1, 0.15) is 22.5 Å². The van der Waals surface area contributed by atoms with E-state index in [0.29, 0.717) is 23.6 Å². The van der Waals surface area contributed by atoms with E-state index >= 15 is 0 Å². The van der Waals surface area contributed by atoms with E-state index in [2.05, 4.69) is 31.1 Å². The third kappa shape index (κ3) is 7.81. The highest BCUT2D eigenvalue weighted by Gasteiger charge is 2.29. The number of aryl methyl sites for hydroxylation is 1. The standard InChI is InChI=1S/C31H35N7O6S/c1-18(2)25-30-35-22(17-45-30)27(40)32-13-15-38(31(42)23-11-12-33-44-23)14-7-10-24(39)34-21(16-20-8-5-4-6-9-20)29-37-26(19(3)43-29)28(41)36-25/h4-6,8-9,11-12,17-18,21,25H,7,10,13-16H2,1-3H3,(H,32,40)(H,34,39)(H,36,41)/t21-,25-/m0/s1. The van der Waals surface area contributed by atoms with Crippen LogP contribution in [-0.2, 0) is 11.2 Å². The maximum absolute atomic E-state index is 13.5. The first kappa shape index (κ1) is 31.6. The quantitative estimate of drug-likeness (QED) is 0.303. The first-order chi connectivity index (χ1) is 21.7. The number of hydrogen-bond donors (Lipinski definition) is 3. The lowest BCUT2D eigenvalue weighted by molar-refractivity contribution is -0.122. The van der Waals surface area contributed by atoms with Crippen molar-refractivity contribution in [2.75, 3.05) is 19.6 Å². The zero-order valence-electron chi connectivity index (χ0n) is 25.2. The van der Waals surface area contributed by atoms with Crippen molar-refractivity contribution >= 4 is 35.0 Å². The van der Waals surface area contributed by atoms with Crippen molar-refractivity contribution in [1.82, 2.24) is 36.0 Å². The van der Waals surface area contributed by atoms with Crippen molar-refractivity contribution in [3.8, 4) is 0 Å². The van der Waals surface area contributed by atoms with Crippen LogP contribution in [0.15, 0.2) is 56.9 Å². The van der Waals surface area contributed by atoms with E-state index in [1.165, 1.54) is 28.5 Å². The number of nitrogens with zero attached hydrogens (tertiary/aromatic N) is 4. The molecule has 1 aromatic carbocycles. The van der Waals surface area contributed by atoms with E-state index < -0.39 is 29.8 Å². The zero-order chi connectivity index (χ0) is 31.9. The minimum atomic E-state index is -0.643. The summed E-state index contributed by atoms with van der Waals surface area (Å²) in [5.41, 5.74) is 1.26. The van der Waals surface area contributed by atoms with Gasteiger partial charge in [-0.3, -0.25) is 19.2 Å². The number of carbonyl (C=O) groups excluding carboxylic acids is 4. The van der Waals surface area contributed by atoms with Crippen molar-refractivity contribution in [2.24, 2.45) is 5.92 Å². The Bertz CT molecular complexity index is 1630. The Labute approximate surface area is 263 Å². The van der Waals surface area contributed by atoms with Gasteiger partial charge in [-0.15, -0.1) is 11.3 Å². The summed E-state index contributed by atoms with van der Waals surface area (Å²) >= 11 is 1.27. The number of benzene rings is 1. The smallest absolute Gasteiger partial charge is 0.292 e. The summed E-state index contributed by atoms with van der Waals surface area (Å²) in [6, 6.07) is 9.91. The number of hydrogen-bond acceptors (Lipinski definition) is 10. The Balaban J connectivity index is 1.45. The molecule has 13 nitrogen and oxygen atoms in total. The molecule has 45 heavy (non-hydrogen) atoms. The molecule has 1 aliphatic heterocycles. The number of rotatable bonds is 4. The van der Waals surface area contributed by atoms with E-state index in [1.54, 1.807) is 12.3 Å². The van der Waals surface area contributed by atoms with Crippen LogP contribution < -0.4 is 16.0 Å². The van der Waals surface area contributed by atoms with Gasteiger partial charge >= 0.3 is 0 Å². The lowest BCUT2D eigenvalue weighted by Gasteiger charge is -2.22. The van der Waals surface area contributed by atoms with Crippen LogP contribution in [0, 0.1) is 12.8 Å². The molecule has 4 aromatic rings. The first-order valence-corrected chi connectivity index (χ1v) is 15.6. The third-order valence-corrected chi connectivity index (χ3v) is 8.28. The van der Waals surface area contributed by atoms with Crippen molar-refractivity contribution in [1.29, 1.82) is 0 Å². The van der Waals surface area contributed by atoms with Crippen LogP contribution in [0.2, 0.25) is 0 Å². The average molecular weight is 634 g/mol. The number of oxazole rings is 1. The lowest BCUT2D eigenvalue weighted by atomic mass is 10.0. The predicted molar refractivity (Wildman–Crippen MR) is 163 cm³/mol. The van der Waals surface area contributed by atoms with Gasteiger partial charge in [0.05, 0.1) is 12.2 Å². The van der Waals surface area contributed by atoms with Crippen molar-refractivity contribution < 1.29 is 28.1 Å². The van der Waals surface area contributed by atoms with Crippen LogP contribution in [0.3, 0.4) is 0 Å². The van der Waals surface area contributed by atoms with Crippen LogP contribution in [0.4, 0.5) is 0 Å². The van der Waals surface area contributed by atoms with Gasteiger partial charge in [0.2, 0.25) is 17.6 Å². The summed E-state index contributed by atoms with van der Waals surface area (Å²) in [6.07, 6.45) is 2.20. The second-order valence-corrected chi connectivity index (χ2v) is 12.0. The molecule has 3 aromatic heterocycles. The maximum atomic E-state index is 13.5.